The lowest BCUT2D eigenvalue weighted by Crippen LogP contribution is -2.67. The molecular formula is C26H21FN6O3S. The van der Waals surface area contributed by atoms with Crippen LogP contribution in [0.5, 0.6) is 5.75 Å². The van der Waals surface area contributed by atoms with Gasteiger partial charge in [-0.3, -0.25) is 9.78 Å². The van der Waals surface area contributed by atoms with Gasteiger partial charge < -0.3 is 14.6 Å². The van der Waals surface area contributed by atoms with Gasteiger partial charge in [0.2, 0.25) is 0 Å². The van der Waals surface area contributed by atoms with Gasteiger partial charge in [-0.2, -0.15) is 5.26 Å². The lowest BCUT2D eigenvalue weighted by atomic mass is 9.42. The van der Waals surface area contributed by atoms with Crippen LogP contribution in [0.25, 0.3) is 15.9 Å². The summed E-state index contributed by atoms with van der Waals surface area (Å²) in [7, 11) is 3.38. The fourth-order valence-corrected chi connectivity index (χ4v) is 7.57. The fraction of sp³-hybridized carbons (Fsp3) is 0.346. The number of rotatable bonds is 4. The molecular weight excluding hydrogens is 495 g/mol. The number of urea groups is 1. The number of halogens is 1. The van der Waals surface area contributed by atoms with Crippen molar-refractivity contribution in [1.29, 1.82) is 5.26 Å². The first-order valence-corrected chi connectivity index (χ1v) is 12.8. The van der Waals surface area contributed by atoms with Gasteiger partial charge in [0.15, 0.2) is 0 Å². The van der Waals surface area contributed by atoms with Gasteiger partial charge in [-0.05, 0) is 43.5 Å². The number of alkyl halides is 1. The number of hydrogen-bond acceptors (Lipinski definition) is 7. The molecule has 0 spiro atoms. The number of aromatic nitrogens is 3. The monoisotopic (exact) mass is 516 g/mol. The molecule has 8 rings (SSSR count). The second kappa shape index (κ2) is 7.32. The Bertz CT molecular complexity index is 1600. The number of fused-ring (bicyclic) bond motifs is 2. The van der Waals surface area contributed by atoms with Crippen molar-refractivity contribution in [3.63, 3.8) is 0 Å². The third-order valence-corrected chi connectivity index (χ3v) is 9.28. The van der Waals surface area contributed by atoms with Crippen LogP contribution in [0.3, 0.4) is 0 Å². The first-order valence-electron chi connectivity index (χ1n) is 11.9. The van der Waals surface area contributed by atoms with E-state index in [0.717, 1.165) is 15.6 Å². The molecule has 1 saturated heterocycles. The van der Waals surface area contributed by atoms with E-state index in [0.29, 0.717) is 52.9 Å². The topological polar surface area (TPSA) is 113 Å². The minimum Gasteiger partial charge on any atom is -0.497 e. The number of carbonyl (C=O) groups excluding carboxylic acids is 2. The largest absolute Gasteiger partial charge is 0.497 e. The van der Waals surface area contributed by atoms with Gasteiger partial charge in [0.05, 0.1) is 48.4 Å². The molecule has 2 bridgehead atoms. The van der Waals surface area contributed by atoms with Crippen LogP contribution in [0.4, 0.5) is 14.9 Å². The maximum absolute atomic E-state index is 14.2. The number of nitriles is 1. The van der Waals surface area contributed by atoms with Crippen LogP contribution in [0.15, 0.2) is 36.7 Å². The van der Waals surface area contributed by atoms with Gasteiger partial charge in [0.1, 0.15) is 28.0 Å². The van der Waals surface area contributed by atoms with Crippen LogP contribution in [0.2, 0.25) is 0 Å². The first-order chi connectivity index (χ1) is 17.8. The Kier molecular flexibility index (Phi) is 4.41. The molecule has 9 nitrogen and oxygen atoms in total. The molecule has 11 heteroatoms. The average molecular weight is 517 g/mol. The molecule has 1 aromatic carbocycles. The number of pyridine rings is 1. The predicted molar refractivity (Wildman–Crippen MR) is 135 cm³/mol. The normalized spacial score (nSPS) is 29.7. The molecule has 2 aromatic heterocycles. The fourth-order valence-electron chi connectivity index (χ4n) is 6.28. The maximum Gasteiger partial charge on any atom is 0.329 e. The van der Waals surface area contributed by atoms with Crippen molar-refractivity contribution >= 4 is 45.3 Å². The molecule has 2 atom stereocenters. The highest BCUT2D eigenvalue weighted by molar-refractivity contribution is 8.09. The summed E-state index contributed by atoms with van der Waals surface area (Å²) in [4.78, 5) is 37.9. The number of nitrogens with one attached hydrogen (secondary N) is 1. The summed E-state index contributed by atoms with van der Waals surface area (Å²) < 4.78 is 21.4. The number of benzene rings is 1. The van der Waals surface area contributed by atoms with Crippen LogP contribution in [-0.4, -0.2) is 50.5 Å². The molecule has 3 aromatic rings. The Morgan fingerprint density at radius 2 is 2.05 bits per heavy atom. The van der Waals surface area contributed by atoms with Crippen LogP contribution in [0.1, 0.15) is 36.2 Å². The van der Waals surface area contributed by atoms with Gasteiger partial charge >= 0.3 is 6.03 Å². The van der Waals surface area contributed by atoms with Crippen LogP contribution >= 0.6 is 11.8 Å². The van der Waals surface area contributed by atoms with Gasteiger partial charge in [0.25, 0.3) is 5.91 Å². The maximum atomic E-state index is 14.2. The summed E-state index contributed by atoms with van der Waals surface area (Å²) in [5.74, 6) is 0.978. The third-order valence-electron chi connectivity index (χ3n) is 7.92. The van der Waals surface area contributed by atoms with Crippen LogP contribution in [0, 0.1) is 11.3 Å². The number of methoxy groups -OCH3 is 1. The molecule has 0 radical (unpaired) electrons. The van der Waals surface area contributed by atoms with Gasteiger partial charge in [0, 0.05) is 22.9 Å². The number of thioether (sulfide) groups is 1. The zero-order valence-electron chi connectivity index (χ0n) is 20.0. The molecule has 2 unspecified atom stereocenters. The Balaban J connectivity index is 1.24. The highest BCUT2D eigenvalue weighted by Crippen LogP contribution is 2.69. The Hall–Kier alpha value is -3.91. The second-order valence-corrected chi connectivity index (χ2v) is 11.4. The number of hydrogen-bond donors (Lipinski definition) is 1. The third kappa shape index (κ3) is 2.96. The summed E-state index contributed by atoms with van der Waals surface area (Å²) in [5, 5.41) is 11.9. The molecule has 4 heterocycles. The van der Waals surface area contributed by atoms with Crippen LogP contribution < -0.4 is 15.0 Å². The van der Waals surface area contributed by atoms with Gasteiger partial charge in [-0.15, -0.1) is 11.8 Å². The molecule has 1 N–H and O–H groups in total. The highest BCUT2D eigenvalue weighted by atomic mass is 32.2. The van der Waals surface area contributed by atoms with Crippen molar-refractivity contribution in [1.82, 2.24) is 19.9 Å². The number of carbonyl (C=O) groups is 2. The van der Waals surface area contributed by atoms with E-state index in [1.54, 1.807) is 31.5 Å². The van der Waals surface area contributed by atoms with Crippen molar-refractivity contribution in [3.05, 3.63) is 53.6 Å². The molecule has 3 amide bonds. The smallest absolute Gasteiger partial charge is 0.329 e. The number of amides is 3. The number of nitrogens with zero attached hydrogens (tertiary/aromatic N) is 5. The van der Waals surface area contributed by atoms with E-state index in [1.165, 1.54) is 18.0 Å². The van der Waals surface area contributed by atoms with Gasteiger partial charge in [-0.1, -0.05) is 0 Å². The predicted octanol–water partition coefficient (Wildman–Crippen LogP) is 3.57. The summed E-state index contributed by atoms with van der Waals surface area (Å²) in [5.41, 5.74) is 1.26. The zero-order chi connectivity index (χ0) is 25.7. The zero-order valence-corrected chi connectivity index (χ0v) is 20.8. The minimum absolute atomic E-state index is 0.283. The van der Waals surface area contributed by atoms with Crippen LogP contribution in [-0.2, 0) is 17.3 Å². The number of aryl methyl sites for hydroxylation is 1. The van der Waals surface area contributed by atoms with Gasteiger partial charge in [-0.25, -0.2) is 19.1 Å². The minimum atomic E-state index is -1.07. The number of anilines is 1. The molecule has 4 fully saturated rings. The van der Waals surface area contributed by atoms with Crippen molar-refractivity contribution in [2.75, 3.05) is 12.0 Å². The Labute approximate surface area is 215 Å². The average Bonchev–Trinajstić information content (AvgIpc) is 3.43. The SMILES string of the molecule is COc1ccc(C#N)c(C2=CC3NC(=O)N(c4cncc5nc(C67CC(F)(C6)C7)n(C)c45)C(=O)C3S2)c1. The number of imidazole rings is 1. The van der Waals surface area contributed by atoms with Crippen molar-refractivity contribution in [3.8, 4) is 11.8 Å². The van der Waals surface area contributed by atoms with E-state index in [4.69, 9.17) is 9.72 Å². The first kappa shape index (κ1) is 22.3. The van der Waals surface area contributed by atoms with Crippen molar-refractivity contribution in [2.45, 2.75) is 41.6 Å². The van der Waals surface area contributed by atoms with E-state index >= 15 is 0 Å². The summed E-state index contributed by atoms with van der Waals surface area (Å²) in [6.45, 7) is 0. The number of ether oxygens (including phenoxy) is 1. The van der Waals surface area contributed by atoms with Crippen molar-refractivity contribution in [2.24, 2.45) is 7.05 Å². The van der Waals surface area contributed by atoms with E-state index in [-0.39, 0.29) is 11.3 Å². The summed E-state index contributed by atoms with van der Waals surface area (Å²) in [6, 6.07) is 6.24. The lowest BCUT2D eigenvalue weighted by Gasteiger charge is -2.65. The second-order valence-electron chi connectivity index (χ2n) is 10.2. The Morgan fingerprint density at radius 3 is 2.76 bits per heavy atom. The lowest BCUT2D eigenvalue weighted by molar-refractivity contribution is -0.163. The quantitative estimate of drug-likeness (QED) is 0.564. The van der Waals surface area contributed by atoms with E-state index in [2.05, 4.69) is 16.4 Å². The van der Waals surface area contributed by atoms with Crippen molar-refractivity contribution < 1.29 is 18.7 Å². The molecule has 5 aliphatic rings. The van der Waals surface area contributed by atoms with E-state index < -0.39 is 23.0 Å². The molecule has 3 aliphatic carbocycles. The standard InChI is InChI=1S/C26H21FN6O3S/c1-32-20-17(30-23(32)25-10-26(27,11-25)12-25)8-29-9-18(20)33-22(34)21-16(31-24(33)35)6-19(37-21)15-5-14(36-2)4-3-13(15)7-28/h3-6,8-9,16,21H,10-12H2,1-2H3,(H,31,35). The molecule has 2 aliphatic heterocycles. The van der Waals surface area contributed by atoms with E-state index in [9.17, 15) is 19.2 Å². The molecule has 3 saturated carbocycles. The number of imide groups is 1. The highest BCUT2D eigenvalue weighted by Gasteiger charge is 2.71. The Morgan fingerprint density at radius 1 is 1.27 bits per heavy atom. The molecule has 186 valence electrons. The molecule has 37 heavy (non-hydrogen) atoms. The summed E-state index contributed by atoms with van der Waals surface area (Å²) >= 11 is 1.31. The summed E-state index contributed by atoms with van der Waals surface area (Å²) in [6.07, 6.45) is 6.26. The van der Waals surface area contributed by atoms with E-state index in [1.807, 2.05) is 17.7 Å².